The van der Waals surface area contributed by atoms with E-state index in [1.165, 1.54) is 0 Å². The van der Waals surface area contributed by atoms with Gasteiger partial charge in [-0.05, 0) is 7.05 Å². The second kappa shape index (κ2) is 10.4. The molecule has 0 unspecified atom stereocenters. The van der Waals surface area contributed by atoms with Gasteiger partial charge in [0.15, 0.2) is 0 Å². The van der Waals surface area contributed by atoms with E-state index >= 15 is 0 Å². The molecule has 0 atom stereocenters. The SMILES string of the molecule is CC.CNCC(=O)NC. The van der Waals surface area contributed by atoms with Crippen molar-refractivity contribution in [3.8, 4) is 0 Å². The van der Waals surface area contributed by atoms with E-state index < -0.39 is 0 Å². The van der Waals surface area contributed by atoms with Crippen LogP contribution in [-0.4, -0.2) is 26.5 Å². The van der Waals surface area contributed by atoms with Gasteiger partial charge in [0.1, 0.15) is 0 Å². The number of rotatable bonds is 2. The quantitative estimate of drug-likeness (QED) is 0.554. The summed E-state index contributed by atoms with van der Waals surface area (Å²) in [6, 6.07) is 0. The topological polar surface area (TPSA) is 41.1 Å². The Morgan fingerprint density at radius 2 is 1.78 bits per heavy atom. The Balaban J connectivity index is 0. The Morgan fingerprint density at radius 1 is 1.33 bits per heavy atom. The average molecular weight is 132 g/mol. The maximum absolute atomic E-state index is 10.2. The number of carbonyl (C=O) groups is 1. The number of amides is 1. The highest BCUT2D eigenvalue weighted by Crippen LogP contribution is 1.52. The molecule has 0 aromatic carbocycles. The summed E-state index contributed by atoms with van der Waals surface area (Å²) >= 11 is 0. The third-order valence-electron chi connectivity index (χ3n) is 0.616. The highest BCUT2D eigenvalue weighted by molar-refractivity contribution is 5.77. The lowest BCUT2D eigenvalue weighted by Gasteiger charge is -1.93. The molecule has 3 heteroatoms. The van der Waals surface area contributed by atoms with Gasteiger partial charge in [0, 0.05) is 7.05 Å². The molecule has 0 aliphatic carbocycles. The van der Waals surface area contributed by atoms with Crippen molar-refractivity contribution in [1.29, 1.82) is 0 Å². The van der Waals surface area contributed by atoms with Crippen LogP contribution < -0.4 is 10.6 Å². The van der Waals surface area contributed by atoms with Crippen LogP contribution in [0.5, 0.6) is 0 Å². The zero-order valence-corrected chi connectivity index (χ0v) is 6.62. The van der Waals surface area contributed by atoms with Crippen LogP contribution in [0.3, 0.4) is 0 Å². The first kappa shape index (κ1) is 11.3. The second-order valence-electron chi connectivity index (χ2n) is 1.20. The van der Waals surface area contributed by atoms with Crippen molar-refractivity contribution in [2.24, 2.45) is 0 Å². The fourth-order valence-corrected chi connectivity index (χ4v) is 0.249. The van der Waals surface area contributed by atoms with Crippen LogP contribution in [-0.2, 0) is 4.79 Å². The summed E-state index contributed by atoms with van der Waals surface area (Å²) in [7, 11) is 3.34. The molecule has 2 N–H and O–H groups in total. The lowest BCUT2D eigenvalue weighted by Crippen LogP contribution is -2.28. The van der Waals surface area contributed by atoms with Gasteiger partial charge >= 0.3 is 0 Å². The standard InChI is InChI=1S/C4H10N2O.C2H6/c1-5-3-4(7)6-2;1-2/h5H,3H2,1-2H3,(H,6,7);1-2H3. The van der Waals surface area contributed by atoms with Crippen LogP contribution in [0.1, 0.15) is 13.8 Å². The first-order valence-corrected chi connectivity index (χ1v) is 3.16. The molecule has 0 radical (unpaired) electrons. The predicted octanol–water partition coefficient (Wildman–Crippen LogP) is -0.0220. The molecular formula is C6H16N2O. The van der Waals surface area contributed by atoms with Crippen molar-refractivity contribution in [1.82, 2.24) is 10.6 Å². The van der Waals surface area contributed by atoms with Crippen LogP contribution in [0, 0.1) is 0 Å². The molecule has 3 nitrogen and oxygen atoms in total. The summed E-state index contributed by atoms with van der Waals surface area (Å²) in [6.45, 7) is 4.40. The number of nitrogens with one attached hydrogen (secondary N) is 2. The molecule has 0 aliphatic rings. The van der Waals surface area contributed by atoms with E-state index in [2.05, 4.69) is 10.6 Å². The van der Waals surface area contributed by atoms with Crippen molar-refractivity contribution >= 4 is 5.91 Å². The number of carbonyl (C=O) groups excluding carboxylic acids is 1. The van der Waals surface area contributed by atoms with Gasteiger partial charge in [-0.25, -0.2) is 0 Å². The Kier molecular flexibility index (Phi) is 13.0. The second-order valence-corrected chi connectivity index (χ2v) is 1.20. The van der Waals surface area contributed by atoms with E-state index in [9.17, 15) is 4.79 Å². The summed E-state index contributed by atoms with van der Waals surface area (Å²) in [5.74, 6) is 0.0162. The fourth-order valence-electron chi connectivity index (χ4n) is 0.249. The van der Waals surface area contributed by atoms with Crippen LogP contribution in [0.25, 0.3) is 0 Å². The van der Waals surface area contributed by atoms with E-state index in [1.807, 2.05) is 13.8 Å². The van der Waals surface area contributed by atoms with Gasteiger partial charge in [-0.2, -0.15) is 0 Å². The summed E-state index contributed by atoms with van der Waals surface area (Å²) in [4.78, 5) is 10.2. The summed E-state index contributed by atoms with van der Waals surface area (Å²) < 4.78 is 0. The Bertz CT molecular complexity index is 64.1. The highest BCUT2D eigenvalue weighted by Gasteiger charge is 1.88. The van der Waals surface area contributed by atoms with E-state index in [0.717, 1.165) is 0 Å². The molecule has 0 fully saturated rings. The summed E-state index contributed by atoms with van der Waals surface area (Å²) in [5, 5.41) is 5.17. The molecule has 0 spiro atoms. The van der Waals surface area contributed by atoms with E-state index in [4.69, 9.17) is 0 Å². The van der Waals surface area contributed by atoms with Crippen molar-refractivity contribution in [3.63, 3.8) is 0 Å². The van der Waals surface area contributed by atoms with E-state index in [0.29, 0.717) is 6.54 Å². The largest absolute Gasteiger partial charge is 0.358 e. The van der Waals surface area contributed by atoms with Gasteiger partial charge in [-0.1, -0.05) is 13.8 Å². The average Bonchev–Trinajstić information content (AvgIpc) is 1.93. The van der Waals surface area contributed by atoms with Crippen LogP contribution in [0.15, 0.2) is 0 Å². The van der Waals surface area contributed by atoms with Crippen molar-refractivity contribution in [3.05, 3.63) is 0 Å². The van der Waals surface area contributed by atoms with Gasteiger partial charge in [0.2, 0.25) is 5.91 Å². The smallest absolute Gasteiger partial charge is 0.233 e. The molecule has 56 valence electrons. The molecule has 0 aliphatic heterocycles. The molecule has 0 heterocycles. The maximum atomic E-state index is 10.2. The minimum absolute atomic E-state index is 0.0162. The predicted molar refractivity (Wildman–Crippen MR) is 39.3 cm³/mol. The van der Waals surface area contributed by atoms with Crippen molar-refractivity contribution in [2.45, 2.75) is 13.8 Å². The molecule has 0 saturated heterocycles. The zero-order chi connectivity index (χ0) is 7.70. The first-order chi connectivity index (χ1) is 4.31. The van der Waals surface area contributed by atoms with E-state index in [1.54, 1.807) is 14.1 Å². The van der Waals surface area contributed by atoms with E-state index in [-0.39, 0.29) is 5.91 Å². The van der Waals surface area contributed by atoms with Crippen LogP contribution >= 0.6 is 0 Å². The molecular weight excluding hydrogens is 116 g/mol. The molecule has 1 amide bonds. The monoisotopic (exact) mass is 132 g/mol. The van der Waals surface area contributed by atoms with Crippen molar-refractivity contribution in [2.75, 3.05) is 20.6 Å². The zero-order valence-electron chi connectivity index (χ0n) is 6.62. The number of likely N-dealkylation sites (N-methyl/N-ethyl adjacent to an activating group) is 2. The molecule has 0 bridgehead atoms. The fraction of sp³-hybridized carbons (Fsp3) is 0.833. The van der Waals surface area contributed by atoms with Crippen LogP contribution in [0.4, 0.5) is 0 Å². The Hall–Kier alpha value is -0.570. The highest BCUT2D eigenvalue weighted by atomic mass is 16.1. The molecule has 0 rings (SSSR count). The molecule has 0 aromatic rings. The maximum Gasteiger partial charge on any atom is 0.233 e. The van der Waals surface area contributed by atoms with Gasteiger partial charge in [0.05, 0.1) is 6.54 Å². The van der Waals surface area contributed by atoms with Gasteiger partial charge in [-0.15, -0.1) is 0 Å². The normalized spacial score (nSPS) is 7.11. The van der Waals surface area contributed by atoms with Gasteiger partial charge in [0.25, 0.3) is 0 Å². The lowest BCUT2D eigenvalue weighted by atomic mass is 10.6. The Labute approximate surface area is 56.8 Å². The lowest BCUT2D eigenvalue weighted by molar-refractivity contribution is -0.119. The number of hydrogen-bond donors (Lipinski definition) is 2. The molecule has 9 heavy (non-hydrogen) atoms. The summed E-state index contributed by atoms with van der Waals surface area (Å²) in [5.41, 5.74) is 0. The van der Waals surface area contributed by atoms with Crippen molar-refractivity contribution < 1.29 is 4.79 Å². The summed E-state index contributed by atoms with van der Waals surface area (Å²) in [6.07, 6.45) is 0. The first-order valence-electron chi connectivity index (χ1n) is 3.16. The minimum Gasteiger partial charge on any atom is -0.358 e. The third kappa shape index (κ3) is 11.2. The van der Waals surface area contributed by atoms with Gasteiger partial charge < -0.3 is 10.6 Å². The molecule has 0 saturated carbocycles. The third-order valence-corrected chi connectivity index (χ3v) is 0.616. The molecule has 0 aromatic heterocycles. The van der Waals surface area contributed by atoms with Gasteiger partial charge in [-0.3, -0.25) is 4.79 Å². The van der Waals surface area contributed by atoms with Crippen LogP contribution in [0.2, 0.25) is 0 Å². The minimum atomic E-state index is 0.0162. The number of hydrogen-bond acceptors (Lipinski definition) is 2. The Morgan fingerprint density at radius 3 is 1.89 bits per heavy atom.